The molecule has 0 saturated carbocycles. The summed E-state index contributed by atoms with van der Waals surface area (Å²) in [6.07, 6.45) is -1.28. The zero-order valence-corrected chi connectivity index (χ0v) is 5.67. The molecule has 0 aromatic heterocycles. The van der Waals surface area contributed by atoms with Crippen LogP contribution in [0.4, 0.5) is 0 Å². The van der Waals surface area contributed by atoms with Crippen molar-refractivity contribution >= 4 is 5.97 Å². The first-order valence-electron chi connectivity index (χ1n) is 3.13. The van der Waals surface area contributed by atoms with Crippen molar-refractivity contribution < 1.29 is 14.6 Å². The minimum Gasteiger partial charge on any atom is -0.460 e. The second-order valence-electron chi connectivity index (χ2n) is 2.22. The molecular weight excluding hydrogens is 150 g/mol. The molecule has 0 aromatic carbocycles. The number of rotatable bonds is 2. The van der Waals surface area contributed by atoms with Crippen LogP contribution in [0.15, 0.2) is 5.11 Å². The van der Waals surface area contributed by atoms with E-state index in [1.807, 2.05) is 0 Å². The molecule has 0 bridgehead atoms. The third-order valence-electron chi connectivity index (χ3n) is 1.39. The van der Waals surface area contributed by atoms with Crippen molar-refractivity contribution in [1.82, 2.24) is 0 Å². The first-order chi connectivity index (χ1) is 5.24. The second-order valence-corrected chi connectivity index (χ2v) is 2.22. The van der Waals surface area contributed by atoms with Crippen LogP contribution in [0.3, 0.4) is 0 Å². The Morgan fingerprint density at radius 2 is 2.64 bits per heavy atom. The fraction of sp³-hybridized carbons (Fsp3) is 0.800. The molecule has 0 aliphatic carbocycles. The van der Waals surface area contributed by atoms with Gasteiger partial charge in [0.15, 0.2) is 6.10 Å². The lowest BCUT2D eigenvalue weighted by atomic mass is 10.2. The quantitative estimate of drug-likeness (QED) is 0.264. The van der Waals surface area contributed by atoms with Crippen molar-refractivity contribution in [2.24, 2.45) is 5.11 Å². The lowest BCUT2D eigenvalue weighted by Crippen LogP contribution is -2.11. The maximum atomic E-state index is 10.5. The fourth-order valence-corrected chi connectivity index (χ4v) is 0.876. The van der Waals surface area contributed by atoms with Gasteiger partial charge in [0.25, 0.3) is 0 Å². The van der Waals surface area contributed by atoms with Gasteiger partial charge in [0.1, 0.15) is 6.10 Å². The molecule has 1 aliphatic heterocycles. The predicted octanol–water partition coefficient (Wildman–Crippen LogP) is -0.0269. The zero-order valence-electron chi connectivity index (χ0n) is 5.67. The molecule has 1 aliphatic rings. The van der Waals surface area contributed by atoms with Gasteiger partial charge in [-0.05, 0) is 5.53 Å². The van der Waals surface area contributed by atoms with E-state index in [4.69, 9.17) is 10.6 Å². The van der Waals surface area contributed by atoms with E-state index in [-0.39, 0.29) is 13.0 Å². The van der Waals surface area contributed by atoms with Gasteiger partial charge < -0.3 is 9.84 Å². The van der Waals surface area contributed by atoms with Crippen LogP contribution in [0.2, 0.25) is 0 Å². The number of hydrogen-bond acceptors (Lipinski definition) is 4. The first-order valence-corrected chi connectivity index (χ1v) is 3.13. The number of cyclic esters (lactones) is 1. The normalized spacial score (nSPS) is 29.4. The molecule has 1 heterocycles. The molecule has 1 fully saturated rings. The zero-order chi connectivity index (χ0) is 8.27. The minimum absolute atomic E-state index is 0.0965. The summed E-state index contributed by atoms with van der Waals surface area (Å²) in [7, 11) is 0. The molecule has 1 N–H and O–H groups in total. The highest BCUT2D eigenvalue weighted by Gasteiger charge is 2.31. The van der Waals surface area contributed by atoms with E-state index in [1.54, 1.807) is 0 Å². The van der Waals surface area contributed by atoms with Crippen LogP contribution in [0.1, 0.15) is 6.42 Å². The lowest BCUT2D eigenvalue weighted by Gasteiger charge is -2.01. The summed E-state index contributed by atoms with van der Waals surface area (Å²) in [6, 6.07) is 0. The third kappa shape index (κ3) is 1.83. The Morgan fingerprint density at radius 3 is 3.09 bits per heavy atom. The van der Waals surface area contributed by atoms with E-state index >= 15 is 0 Å². The monoisotopic (exact) mass is 157 g/mol. The highest BCUT2D eigenvalue weighted by atomic mass is 16.6. The Bertz CT molecular complexity index is 209. The molecule has 1 saturated heterocycles. The number of ether oxygens (including phenoxy) is 1. The molecule has 0 amide bonds. The van der Waals surface area contributed by atoms with Gasteiger partial charge in [0.05, 0.1) is 6.54 Å². The van der Waals surface area contributed by atoms with Crippen LogP contribution < -0.4 is 0 Å². The van der Waals surface area contributed by atoms with Crippen molar-refractivity contribution in [3.05, 3.63) is 10.4 Å². The average Bonchev–Trinajstić information content (AvgIpc) is 2.28. The number of carbonyl (C=O) groups is 1. The number of carbonyl (C=O) groups excluding carboxylic acids is 1. The summed E-state index contributed by atoms with van der Waals surface area (Å²) < 4.78 is 4.62. The lowest BCUT2D eigenvalue weighted by molar-refractivity contribution is -0.147. The van der Waals surface area contributed by atoms with Gasteiger partial charge in [-0.2, -0.15) is 0 Å². The summed E-state index contributed by atoms with van der Waals surface area (Å²) >= 11 is 0. The molecular formula is C5H7N3O3. The number of hydrogen-bond donors (Lipinski definition) is 1. The fourth-order valence-electron chi connectivity index (χ4n) is 0.876. The summed E-state index contributed by atoms with van der Waals surface area (Å²) in [5, 5.41) is 12.1. The van der Waals surface area contributed by atoms with Crippen LogP contribution >= 0.6 is 0 Å². The van der Waals surface area contributed by atoms with Gasteiger partial charge in [-0.25, -0.2) is 4.79 Å². The van der Waals surface area contributed by atoms with E-state index < -0.39 is 18.2 Å². The Kier molecular flexibility index (Phi) is 2.30. The summed E-state index contributed by atoms with van der Waals surface area (Å²) in [4.78, 5) is 13.0. The smallest absolute Gasteiger partial charge is 0.335 e. The van der Waals surface area contributed by atoms with Crippen LogP contribution in [-0.2, 0) is 9.53 Å². The maximum absolute atomic E-state index is 10.5. The van der Waals surface area contributed by atoms with Crippen molar-refractivity contribution in [2.45, 2.75) is 18.6 Å². The van der Waals surface area contributed by atoms with Crippen LogP contribution in [0.5, 0.6) is 0 Å². The van der Waals surface area contributed by atoms with Gasteiger partial charge in [-0.15, -0.1) is 0 Å². The summed E-state index contributed by atoms with van der Waals surface area (Å²) in [5.74, 6) is -0.636. The van der Waals surface area contributed by atoms with E-state index in [1.165, 1.54) is 0 Å². The van der Waals surface area contributed by atoms with Crippen molar-refractivity contribution in [3.8, 4) is 0 Å². The largest absolute Gasteiger partial charge is 0.460 e. The molecule has 11 heavy (non-hydrogen) atoms. The standard InChI is InChI=1S/C5H7N3O3/c6-8-7-2-3-1-4(9)5(10)11-3/h3-4,9H,1-2H2/t3-,4+/m1/s1. The molecule has 2 atom stereocenters. The van der Waals surface area contributed by atoms with Crippen molar-refractivity contribution in [2.75, 3.05) is 6.54 Å². The van der Waals surface area contributed by atoms with Gasteiger partial charge in [0, 0.05) is 11.3 Å². The number of nitrogens with zero attached hydrogens (tertiary/aromatic N) is 3. The molecule has 0 spiro atoms. The van der Waals surface area contributed by atoms with Crippen LogP contribution in [0.25, 0.3) is 10.4 Å². The van der Waals surface area contributed by atoms with Gasteiger partial charge in [-0.3, -0.25) is 0 Å². The van der Waals surface area contributed by atoms with E-state index in [0.717, 1.165) is 0 Å². The molecule has 6 heteroatoms. The molecule has 0 unspecified atom stereocenters. The molecule has 0 radical (unpaired) electrons. The highest BCUT2D eigenvalue weighted by molar-refractivity contribution is 5.76. The second kappa shape index (κ2) is 3.23. The Hall–Kier alpha value is -1.26. The molecule has 0 aromatic rings. The predicted molar refractivity (Wildman–Crippen MR) is 34.5 cm³/mol. The highest BCUT2D eigenvalue weighted by Crippen LogP contribution is 2.14. The Morgan fingerprint density at radius 1 is 1.91 bits per heavy atom. The SMILES string of the molecule is [N-]=[N+]=NC[C@H]1C[C@H](O)C(=O)O1. The molecule has 1 rings (SSSR count). The number of aliphatic hydroxyl groups is 1. The van der Waals surface area contributed by atoms with Crippen molar-refractivity contribution in [3.63, 3.8) is 0 Å². The van der Waals surface area contributed by atoms with E-state index in [0.29, 0.717) is 0 Å². The summed E-state index contributed by atoms with van der Waals surface area (Å²) in [5.41, 5.74) is 7.91. The first kappa shape index (κ1) is 7.84. The minimum atomic E-state index is -1.05. The van der Waals surface area contributed by atoms with Crippen LogP contribution in [-0.4, -0.2) is 29.8 Å². The molecule has 60 valence electrons. The van der Waals surface area contributed by atoms with Crippen molar-refractivity contribution in [1.29, 1.82) is 0 Å². The third-order valence-corrected chi connectivity index (χ3v) is 1.39. The number of azide groups is 1. The maximum Gasteiger partial charge on any atom is 0.335 e. The Balaban J connectivity index is 2.40. The number of esters is 1. The Labute approximate surface area is 62.4 Å². The average molecular weight is 157 g/mol. The molecule has 6 nitrogen and oxygen atoms in total. The van der Waals surface area contributed by atoms with E-state index in [2.05, 4.69) is 14.8 Å². The topological polar surface area (TPSA) is 95.3 Å². The van der Waals surface area contributed by atoms with E-state index in [9.17, 15) is 4.79 Å². The summed E-state index contributed by atoms with van der Waals surface area (Å²) in [6.45, 7) is 0.0965. The number of aliphatic hydroxyl groups excluding tert-OH is 1. The van der Waals surface area contributed by atoms with Gasteiger partial charge in [0.2, 0.25) is 0 Å². The van der Waals surface area contributed by atoms with Gasteiger partial charge >= 0.3 is 5.97 Å². The van der Waals surface area contributed by atoms with Crippen LogP contribution in [0, 0.1) is 0 Å². The van der Waals surface area contributed by atoms with Gasteiger partial charge in [-0.1, -0.05) is 5.11 Å².